The van der Waals surface area contributed by atoms with Crippen molar-refractivity contribution in [3.63, 3.8) is 0 Å². The molecule has 8 nitrogen and oxygen atoms in total. The number of benzene rings is 2. The van der Waals surface area contributed by atoms with Crippen LogP contribution in [0.1, 0.15) is 24.5 Å². The van der Waals surface area contributed by atoms with E-state index in [2.05, 4.69) is 10.1 Å². The quantitative estimate of drug-likeness (QED) is 0.335. The van der Waals surface area contributed by atoms with Gasteiger partial charge >= 0.3 is 11.7 Å². The molecule has 1 atom stereocenters. The molecule has 3 rings (SSSR count). The zero-order chi connectivity index (χ0) is 26.0. The first-order valence-electron chi connectivity index (χ1n) is 10.6. The maximum atomic E-state index is 11.8. The van der Waals surface area contributed by atoms with Gasteiger partial charge in [-0.25, -0.2) is 4.79 Å². The van der Waals surface area contributed by atoms with Gasteiger partial charge in [-0.15, -0.1) is 0 Å². The summed E-state index contributed by atoms with van der Waals surface area (Å²) in [5.74, 6) is 0.952. The first kappa shape index (κ1) is 28.9. The van der Waals surface area contributed by atoms with E-state index in [1.165, 1.54) is 0 Å². The fraction of sp³-hybridized carbons (Fsp3) is 0.304. The summed E-state index contributed by atoms with van der Waals surface area (Å²) >= 11 is 20.3. The maximum absolute atomic E-state index is 11.8. The van der Waals surface area contributed by atoms with Crippen molar-refractivity contribution in [2.45, 2.75) is 32.2 Å². The van der Waals surface area contributed by atoms with Gasteiger partial charge in [0.25, 0.3) is 5.56 Å². The van der Waals surface area contributed by atoms with Gasteiger partial charge in [-0.3, -0.25) is 14.6 Å². The maximum Gasteiger partial charge on any atom is 0.349 e. The average Bonchev–Trinajstić information content (AvgIpc) is 2.80. The molecule has 12 heteroatoms. The number of nitrogens with zero attached hydrogens (tertiary/aromatic N) is 2. The lowest BCUT2D eigenvalue weighted by molar-refractivity contribution is -0.138. The molecule has 0 amide bonds. The van der Waals surface area contributed by atoms with Gasteiger partial charge in [-0.1, -0.05) is 53.9 Å². The predicted molar refractivity (Wildman–Crippen MR) is 143 cm³/mol. The Balaban J connectivity index is 0.000000367. The number of hydrogen-bond acceptors (Lipinski definition) is 6. The van der Waals surface area contributed by atoms with E-state index in [0.29, 0.717) is 33.6 Å². The van der Waals surface area contributed by atoms with Crippen LogP contribution in [0.3, 0.4) is 0 Å². The Bertz CT molecular complexity index is 1230. The number of H-pyrrole nitrogens is 1. The molecule has 0 radical (unpaired) electrons. The van der Waals surface area contributed by atoms with Gasteiger partial charge < -0.3 is 10.8 Å². The number of aromatic amines is 1. The van der Waals surface area contributed by atoms with Crippen molar-refractivity contribution < 1.29 is 9.90 Å². The molecule has 0 saturated heterocycles. The summed E-state index contributed by atoms with van der Waals surface area (Å²) in [4.78, 5) is 35.2. The summed E-state index contributed by atoms with van der Waals surface area (Å²) in [6.07, 6.45) is 2.95. The topological polar surface area (TPSA) is 131 Å². The third-order valence-electron chi connectivity index (χ3n) is 4.75. The van der Waals surface area contributed by atoms with Gasteiger partial charge in [0.15, 0.2) is 0 Å². The van der Waals surface area contributed by atoms with Crippen LogP contribution in [-0.4, -0.2) is 43.4 Å². The van der Waals surface area contributed by atoms with E-state index in [1.807, 2.05) is 31.2 Å². The van der Waals surface area contributed by atoms with E-state index >= 15 is 0 Å². The molecule has 1 aromatic heterocycles. The van der Waals surface area contributed by atoms with Gasteiger partial charge in [-0.2, -0.15) is 21.5 Å². The molecule has 0 unspecified atom stereocenters. The Kier molecular flexibility index (Phi) is 11.8. The van der Waals surface area contributed by atoms with Crippen LogP contribution in [0.5, 0.6) is 0 Å². The van der Waals surface area contributed by atoms with Crippen LogP contribution in [0.2, 0.25) is 15.1 Å². The van der Waals surface area contributed by atoms with Crippen molar-refractivity contribution in [1.82, 2.24) is 14.8 Å². The lowest BCUT2D eigenvalue weighted by atomic mass is 10.0. The molecular weight excluding hydrogens is 535 g/mol. The number of halogens is 3. The molecule has 3 aromatic rings. The molecule has 188 valence electrons. The van der Waals surface area contributed by atoms with Crippen LogP contribution >= 0.6 is 46.6 Å². The second kappa shape index (κ2) is 14.3. The van der Waals surface area contributed by atoms with Crippen molar-refractivity contribution in [3.05, 3.63) is 89.6 Å². The van der Waals surface area contributed by atoms with E-state index < -0.39 is 23.3 Å². The van der Waals surface area contributed by atoms with E-state index in [0.717, 1.165) is 39.9 Å². The summed E-state index contributed by atoms with van der Waals surface area (Å²) in [5, 5.41) is 13.7. The fourth-order valence-corrected chi connectivity index (χ4v) is 4.39. The van der Waals surface area contributed by atoms with Gasteiger partial charge in [0.1, 0.15) is 12.2 Å². The molecule has 35 heavy (non-hydrogen) atoms. The van der Waals surface area contributed by atoms with E-state index in [-0.39, 0.29) is 0 Å². The minimum absolute atomic E-state index is 0.381. The number of carbonyl (C=O) groups is 1. The smallest absolute Gasteiger partial charge is 0.349 e. The van der Waals surface area contributed by atoms with Crippen molar-refractivity contribution in [2.24, 2.45) is 5.73 Å². The highest BCUT2D eigenvalue weighted by Crippen LogP contribution is 2.29. The number of aliphatic carboxylic acids is 1. The number of aryl methyl sites for hydroxylation is 1. The highest BCUT2D eigenvalue weighted by molar-refractivity contribution is 7.99. The van der Waals surface area contributed by atoms with Gasteiger partial charge in [0, 0.05) is 15.1 Å². The van der Waals surface area contributed by atoms with E-state index in [1.54, 1.807) is 23.9 Å². The highest BCUT2D eigenvalue weighted by Gasteiger charge is 2.12. The normalized spacial score (nSPS) is 11.5. The molecule has 0 aliphatic carbocycles. The average molecular weight is 560 g/mol. The lowest BCUT2D eigenvalue weighted by Gasteiger charge is -2.11. The Morgan fingerprint density at radius 1 is 1.14 bits per heavy atom. The molecule has 0 spiro atoms. The van der Waals surface area contributed by atoms with Crippen LogP contribution in [-0.2, 0) is 17.6 Å². The predicted octanol–water partition coefficient (Wildman–Crippen LogP) is 4.21. The van der Waals surface area contributed by atoms with E-state index in [4.69, 9.17) is 45.6 Å². The molecule has 0 aliphatic rings. The monoisotopic (exact) mass is 558 g/mol. The molecule has 2 aromatic carbocycles. The van der Waals surface area contributed by atoms with Crippen LogP contribution in [0.4, 0.5) is 0 Å². The Morgan fingerprint density at radius 3 is 2.31 bits per heavy atom. The standard InChI is InChI=1S/C17H12Cl3N3O2.C6H13NO2S/c18-11-4-1-10(2-5-11)3-6-13-14(19)7-12(8-15(13)20)23-17(25)22-16(24)9-21-23;1-2-10-4-3-5(7)6(8)9/h1-2,4-5,7-9H,3,6H2,(H,22,24,25);5H,2-4,7H2,1H3,(H,8,9)/t;5-/m.0/s1. The molecule has 0 aliphatic heterocycles. The second-order valence-corrected chi connectivity index (χ2v) is 9.94. The van der Waals surface area contributed by atoms with Crippen LogP contribution in [0.25, 0.3) is 5.69 Å². The number of hydrogen-bond donors (Lipinski definition) is 3. The SMILES string of the molecule is CCSCC[C@H](N)C(=O)O.O=c1cnn(-c2cc(Cl)c(CCc3ccc(Cl)cc3)c(Cl)c2)c(=O)[nH]1. The number of carboxylic acids is 1. The summed E-state index contributed by atoms with van der Waals surface area (Å²) in [5.41, 5.74) is 6.28. The zero-order valence-electron chi connectivity index (χ0n) is 18.8. The fourth-order valence-electron chi connectivity index (χ4n) is 2.89. The van der Waals surface area contributed by atoms with Crippen LogP contribution < -0.4 is 17.0 Å². The first-order chi connectivity index (χ1) is 16.6. The molecule has 0 bridgehead atoms. The van der Waals surface area contributed by atoms with Gasteiger partial charge in [0.05, 0.1) is 5.69 Å². The number of aromatic nitrogens is 3. The largest absolute Gasteiger partial charge is 0.480 e. The van der Waals surface area contributed by atoms with Crippen molar-refractivity contribution in [2.75, 3.05) is 11.5 Å². The Labute approximate surface area is 221 Å². The number of nitrogens with one attached hydrogen (secondary N) is 1. The van der Waals surface area contributed by atoms with Gasteiger partial charge in [-0.05, 0) is 66.2 Å². The summed E-state index contributed by atoms with van der Waals surface area (Å²) < 4.78 is 1.03. The lowest BCUT2D eigenvalue weighted by Crippen LogP contribution is -2.30. The molecule has 0 saturated carbocycles. The van der Waals surface area contributed by atoms with Crippen LogP contribution in [0, 0.1) is 0 Å². The Hall–Kier alpha value is -2.30. The third-order valence-corrected chi connectivity index (χ3v) is 6.61. The minimum atomic E-state index is -0.906. The minimum Gasteiger partial charge on any atom is -0.480 e. The number of nitrogens with two attached hydrogens (primary N) is 1. The summed E-state index contributed by atoms with van der Waals surface area (Å²) in [7, 11) is 0. The number of carboxylic acid groups (broad SMARTS) is 1. The Morgan fingerprint density at radius 2 is 1.77 bits per heavy atom. The molecular formula is C23H25Cl3N4O4S. The molecule has 0 fully saturated rings. The molecule has 1 heterocycles. The number of thioether (sulfide) groups is 1. The third kappa shape index (κ3) is 9.35. The van der Waals surface area contributed by atoms with Crippen molar-refractivity contribution in [1.29, 1.82) is 0 Å². The summed E-state index contributed by atoms with van der Waals surface area (Å²) in [6.45, 7) is 2.04. The van der Waals surface area contributed by atoms with Crippen molar-refractivity contribution >= 4 is 52.5 Å². The highest BCUT2D eigenvalue weighted by atomic mass is 35.5. The first-order valence-corrected chi connectivity index (χ1v) is 12.9. The zero-order valence-corrected chi connectivity index (χ0v) is 21.9. The second-order valence-electron chi connectivity index (χ2n) is 7.30. The summed E-state index contributed by atoms with van der Waals surface area (Å²) in [6, 6.07) is 10.1. The van der Waals surface area contributed by atoms with Crippen molar-refractivity contribution in [3.8, 4) is 5.69 Å². The van der Waals surface area contributed by atoms with Gasteiger partial charge in [0.2, 0.25) is 0 Å². The molecule has 4 N–H and O–H groups in total. The van der Waals surface area contributed by atoms with E-state index in [9.17, 15) is 14.4 Å². The number of rotatable bonds is 9. The van der Waals surface area contributed by atoms with Crippen LogP contribution in [0.15, 0.2) is 52.2 Å².